The Kier molecular flexibility index (Phi) is 1.72. The average Bonchev–Trinajstić information content (AvgIpc) is 2.05. The van der Waals surface area contributed by atoms with Crippen molar-refractivity contribution in [3.63, 3.8) is 0 Å². The van der Waals surface area contributed by atoms with Crippen LogP contribution in [0.25, 0.3) is 0 Å². The number of nitrogens with one attached hydrogen (secondary N) is 1. The number of carbonyl (C=O) groups is 2. The van der Waals surface area contributed by atoms with Gasteiger partial charge < -0.3 is 0 Å². The zero-order valence-electron chi connectivity index (χ0n) is 6.97. The fraction of sp³-hybridized carbons (Fsp3) is 0.714. The average molecular weight is 156 g/mol. The summed E-state index contributed by atoms with van der Waals surface area (Å²) in [5.41, 5.74) is 2.54. The summed E-state index contributed by atoms with van der Waals surface area (Å²) < 4.78 is 0. The van der Waals surface area contributed by atoms with E-state index in [1.54, 1.807) is 0 Å². The van der Waals surface area contributed by atoms with E-state index in [0.29, 0.717) is 6.42 Å². The van der Waals surface area contributed by atoms with Gasteiger partial charge in [0, 0.05) is 18.9 Å². The third kappa shape index (κ3) is 1.57. The fourth-order valence-corrected chi connectivity index (χ4v) is 1.12. The monoisotopic (exact) mass is 156 g/mol. The Morgan fingerprint density at radius 2 is 2.18 bits per heavy atom. The third-order valence-electron chi connectivity index (χ3n) is 1.57. The summed E-state index contributed by atoms with van der Waals surface area (Å²) in [7, 11) is 0. The van der Waals surface area contributed by atoms with Crippen LogP contribution in [0.4, 0.5) is 0 Å². The lowest BCUT2D eigenvalue weighted by Gasteiger charge is -2.18. The number of hydrazine groups is 1. The first kappa shape index (κ1) is 8.20. The molecule has 62 valence electrons. The molecule has 1 aliphatic rings. The van der Waals surface area contributed by atoms with Gasteiger partial charge in [0.25, 0.3) is 0 Å². The Bertz CT molecular complexity index is 210. The molecule has 11 heavy (non-hydrogen) atoms. The van der Waals surface area contributed by atoms with E-state index in [0.717, 1.165) is 5.01 Å². The van der Waals surface area contributed by atoms with Crippen LogP contribution >= 0.6 is 0 Å². The van der Waals surface area contributed by atoms with Gasteiger partial charge in [0.1, 0.15) is 0 Å². The Hall–Kier alpha value is -0.900. The van der Waals surface area contributed by atoms with Crippen molar-refractivity contribution in [3.8, 4) is 0 Å². The topological polar surface area (TPSA) is 49.4 Å². The summed E-state index contributed by atoms with van der Waals surface area (Å²) in [5.74, 6) is -0.400. The van der Waals surface area contributed by atoms with Crippen LogP contribution in [0.2, 0.25) is 0 Å². The van der Waals surface area contributed by atoms with Crippen molar-refractivity contribution in [1.82, 2.24) is 10.4 Å². The first-order chi connectivity index (χ1) is 4.92. The van der Waals surface area contributed by atoms with E-state index in [-0.39, 0.29) is 17.4 Å². The van der Waals surface area contributed by atoms with Gasteiger partial charge in [-0.3, -0.25) is 9.59 Å². The molecule has 0 aromatic heterocycles. The molecule has 1 saturated heterocycles. The van der Waals surface area contributed by atoms with Crippen LogP contribution in [-0.2, 0) is 9.59 Å². The van der Waals surface area contributed by atoms with E-state index in [2.05, 4.69) is 5.43 Å². The standard InChI is InChI=1S/C7H12N2O2/c1-5(10)9-6(11)4-7(2,3)8-9/h8H,4H2,1-3H3. The van der Waals surface area contributed by atoms with Crippen LogP contribution in [0, 0.1) is 0 Å². The van der Waals surface area contributed by atoms with Crippen molar-refractivity contribution in [2.45, 2.75) is 32.7 Å². The van der Waals surface area contributed by atoms with Gasteiger partial charge in [0.05, 0.1) is 0 Å². The summed E-state index contributed by atoms with van der Waals surface area (Å²) in [6.45, 7) is 5.13. The van der Waals surface area contributed by atoms with E-state index in [1.807, 2.05) is 13.8 Å². The molecule has 1 heterocycles. The Morgan fingerprint density at radius 1 is 1.64 bits per heavy atom. The Labute approximate surface area is 65.5 Å². The SMILES string of the molecule is CC(=O)N1NC(C)(C)CC1=O. The molecular formula is C7H12N2O2. The van der Waals surface area contributed by atoms with Crippen molar-refractivity contribution in [1.29, 1.82) is 0 Å². The first-order valence-electron chi connectivity index (χ1n) is 3.54. The predicted octanol–water partition coefficient (Wildman–Crippen LogP) is 0.0484. The molecule has 1 N–H and O–H groups in total. The van der Waals surface area contributed by atoms with Crippen LogP contribution in [0.15, 0.2) is 0 Å². The molecule has 0 saturated carbocycles. The second-order valence-corrected chi connectivity index (χ2v) is 3.42. The first-order valence-corrected chi connectivity index (χ1v) is 3.54. The van der Waals surface area contributed by atoms with E-state index in [9.17, 15) is 9.59 Å². The molecule has 0 aliphatic carbocycles. The smallest absolute Gasteiger partial charge is 0.245 e. The molecule has 0 radical (unpaired) electrons. The van der Waals surface area contributed by atoms with E-state index >= 15 is 0 Å². The third-order valence-corrected chi connectivity index (χ3v) is 1.57. The van der Waals surface area contributed by atoms with Gasteiger partial charge >= 0.3 is 0 Å². The highest BCUT2D eigenvalue weighted by Gasteiger charge is 2.37. The minimum Gasteiger partial charge on any atom is -0.273 e. The summed E-state index contributed by atoms with van der Waals surface area (Å²) >= 11 is 0. The van der Waals surface area contributed by atoms with Gasteiger partial charge in [0.2, 0.25) is 11.8 Å². The summed E-state index contributed by atoms with van der Waals surface area (Å²) in [6.07, 6.45) is 0.382. The summed E-state index contributed by atoms with van der Waals surface area (Å²) in [4.78, 5) is 21.9. The highest BCUT2D eigenvalue weighted by atomic mass is 16.2. The van der Waals surface area contributed by atoms with Crippen molar-refractivity contribution < 1.29 is 9.59 Å². The van der Waals surface area contributed by atoms with Gasteiger partial charge in [-0.2, -0.15) is 0 Å². The normalized spacial score (nSPS) is 22.5. The van der Waals surface area contributed by atoms with Crippen molar-refractivity contribution in [2.75, 3.05) is 0 Å². The quantitative estimate of drug-likeness (QED) is 0.539. The second kappa shape index (κ2) is 2.30. The summed E-state index contributed by atoms with van der Waals surface area (Å²) in [5, 5.41) is 1.07. The number of rotatable bonds is 0. The molecule has 2 amide bonds. The molecule has 0 atom stereocenters. The van der Waals surface area contributed by atoms with Crippen LogP contribution in [0.1, 0.15) is 27.2 Å². The van der Waals surface area contributed by atoms with Crippen LogP contribution < -0.4 is 5.43 Å². The van der Waals surface area contributed by atoms with Crippen LogP contribution in [0.5, 0.6) is 0 Å². The second-order valence-electron chi connectivity index (χ2n) is 3.42. The maximum atomic E-state index is 11.1. The highest BCUT2D eigenvalue weighted by Crippen LogP contribution is 2.17. The lowest BCUT2D eigenvalue weighted by atomic mass is 10.0. The van der Waals surface area contributed by atoms with E-state index in [4.69, 9.17) is 0 Å². The van der Waals surface area contributed by atoms with Crippen LogP contribution in [-0.4, -0.2) is 22.4 Å². The van der Waals surface area contributed by atoms with E-state index < -0.39 is 0 Å². The zero-order chi connectivity index (χ0) is 8.65. The molecule has 4 heteroatoms. The van der Waals surface area contributed by atoms with Crippen LogP contribution in [0.3, 0.4) is 0 Å². The molecule has 0 unspecified atom stereocenters. The van der Waals surface area contributed by atoms with Gasteiger partial charge in [-0.25, -0.2) is 10.4 Å². The van der Waals surface area contributed by atoms with Crippen molar-refractivity contribution >= 4 is 11.8 Å². The maximum absolute atomic E-state index is 11.1. The zero-order valence-corrected chi connectivity index (χ0v) is 6.97. The highest BCUT2D eigenvalue weighted by molar-refractivity contribution is 5.95. The Balaban J connectivity index is 2.74. The molecular weight excluding hydrogens is 144 g/mol. The fourth-order valence-electron chi connectivity index (χ4n) is 1.12. The predicted molar refractivity (Wildman–Crippen MR) is 39.4 cm³/mol. The summed E-state index contributed by atoms with van der Waals surface area (Å²) in [6, 6.07) is 0. The van der Waals surface area contributed by atoms with Gasteiger partial charge in [-0.15, -0.1) is 0 Å². The minimum absolute atomic E-state index is 0.150. The van der Waals surface area contributed by atoms with Gasteiger partial charge in [0.15, 0.2) is 0 Å². The molecule has 1 fully saturated rings. The maximum Gasteiger partial charge on any atom is 0.245 e. The molecule has 0 bridgehead atoms. The number of nitrogens with zero attached hydrogens (tertiary/aromatic N) is 1. The molecule has 4 nitrogen and oxygen atoms in total. The lowest BCUT2D eigenvalue weighted by molar-refractivity contribution is -0.143. The number of hydrogen-bond acceptors (Lipinski definition) is 3. The molecule has 1 rings (SSSR count). The van der Waals surface area contributed by atoms with Crippen molar-refractivity contribution in [2.24, 2.45) is 0 Å². The lowest BCUT2D eigenvalue weighted by Crippen LogP contribution is -2.44. The number of carbonyl (C=O) groups excluding carboxylic acids is 2. The molecule has 0 aromatic rings. The molecule has 0 aromatic carbocycles. The minimum atomic E-state index is -0.275. The molecule has 1 aliphatic heterocycles. The molecule has 0 spiro atoms. The van der Waals surface area contributed by atoms with Gasteiger partial charge in [-0.1, -0.05) is 0 Å². The largest absolute Gasteiger partial charge is 0.273 e. The Morgan fingerprint density at radius 3 is 2.36 bits per heavy atom. The van der Waals surface area contributed by atoms with Crippen molar-refractivity contribution in [3.05, 3.63) is 0 Å². The van der Waals surface area contributed by atoms with Gasteiger partial charge in [-0.05, 0) is 13.8 Å². The number of hydrogen-bond donors (Lipinski definition) is 1. The number of imide groups is 1. The van der Waals surface area contributed by atoms with E-state index in [1.165, 1.54) is 6.92 Å². The number of amides is 2.